The molecule has 0 unspecified atom stereocenters. The highest BCUT2D eigenvalue weighted by molar-refractivity contribution is 7.99. The van der Waals surface area contributed by atoms with Gasteiger partial charge in [-0.3, -0.25) is 9.36 Å². The molecule has 0 aliphatic carbocycles. The number of nitrogens with one attached hydrogen (secondary N) is 1. The SMILES string of the molecule is Cc1cccc(NC(=O)CSc2nnc(-c3cccs3)n2-c2ccc(Cl)cc2)c1. The topological polar surface area (TPSA) is 59.8 Å². The molecule has 29 heavy (non-hydrogen) atoms. The van der Waals surface area contributed by atoms with Crippen LogP contribution in [0.1, 0.15) is 5.56 Å². The molecule has 0 atom stereocenters. The van der Waals surface area contributed by atoms with Crippen molar-refractivity contribution in [3.63, 3.8) is 0 Å². The molecule has 2 aromatic carbocycles. The highest BCUT2D eigenvalue weighted by atomic mass is 35.5. The fourth-order valence-corrected chi connectivity index (χ4v) is 4.38. The number of carbonyl (C=O) groups is 1. The molecular formula is C21H17ClN4OS2. The summed E-state index contributed by atoms with van der Waals surface area (Å²) in [6.45, 7) is 1.99. The van der Waals surface area contributed by atoms with Crippen molar-refractivity contribution in [3.8, 4) is 16.4 Å². The average Bonchev–Trinajstić information content (AvgIpc) is 3.37. The van der Waals surface area contributed by atoms with Crippen molar-refractivity contribution >= 4 is 46.3 Å². The summed E-state index contributed by atoms with van der Waals surface area (Å²) in [6, 6.07) is 19.2. The summed E-state index contributed by atoms with van der Waals surface area (Å²) in [5.41, 5.74) is 2.77. The van der Waals surface area contributed by atoms with Crippen LogP contribution < -0.4 is 5.32 Å². The van der Waals surface area contributed by atoms with Crippen LogP contribution in [0.4, 0.5) is 5.69 Å². The molecule has 1 amide bonds. The first-order valence-electron chi connectivity index (χ1n) is 8.85. The number of nitrogens with zero attached hydrogens (tertiary/aromatic N) is 3. The maximum atomic E-state index is 12.4. The molecule has 0 bridgehead atoms. The van der Waals surface area contributed by atoms with E-state index < -0.39 is 0 Å². The second kappa shape index (κ2) is 8.82. The van der Waals surface area contributed by atoms with Gasteiger partial charge < -0.3 is 5.32 Å². The second-order valence-corrected chi connectivity index (χ2v) is 8.63. The van der Waals surface area contributed by atoms with E-state index in [0.29, 0.717) is 10.2 Å². The average molecular weight is 441 g/mol. The molecule has 0 spiro atoms. The van der Waals surface area contributed by atoms with E-state index >= 15 is 0 Å². The van der Waals surface area contributed by atoms with Crippen molar-refractivity contribution in [1.29, 1.82) is 0 Å². The van der Waals surface area contributed by atoms with E-state index in [1.165, 1.54) is 11.8 Å². The monoisotopic (exact) mass is 440 g/mol. The van der Waals surface area contributed by atoms with Gasteiger partial charge >= 0.3 is 0 Å². The third kappa shape index (κ3) is 4.70. The molecule has 0 aliphatic heterocycles. The van der Waals surface area contributed by atoms with Gasteiger partial charge in [-0.05, 0) is 60.3 Å². The Morgan fingerprint density at radius 2 is 1.97 bits per heavy atom. The van der Waals surface area contributed by atoms with Gasteiger partial charge in [0.15, 0.2) is 11.0 Å². The van der Waals surface area contributed by atoms with Crippen LogP contribution in [0.2, 0.25) is 5.02 Å². The normalized spacial score (nSPS) is 10.8. The number of halogens is 1. The van der Waals surface area contributed by atoms with Crippen LogP contribution in [-0.2, 0) is 4.79 Å². The summed E-state index contributed by atoms with van der Waals surface area (Å²) in [4.78, 5) is 13.4. The van der Waals surface area contributed by atoms with E-state index in [4.69, 9.17) is 11.6 Å². The maximum absolute atomic E-state index is 12.4. The van der Waals surface area contributed by atoms with Crippen LogP contribution in [0, 0.1) is 6.92 Å². The third-order valence-corrected chi connectivity index (χ3v) is 6.14. The fraction of sp³-hybridized carbons (Fsp3) is 0.0952. The second-order valence-electron chi connectivity index (χ2n) is 6.30. The Morgan fingerprint density at radius 3 is 2.69 bits per heavy atom. The van der Waals surface area contributed by atoms with Gasteiger partial charge in [-0.25, -0.2) is 0 Å². The number of anilines is 1. The molecule has 0 saturated carbocycles. The third-order valence-electron chi connectivity index (χ3n) is 4.09. The van der Waals surface area contributed by atoms with Crippen molar-refractivity contribution in [2.75, 3.05) is 11.1 Å². The van der Waals surface area contributed by atoms with Crippen molar-refractivity contribution in [2.45, 2.75) is 12.1 Å². The Morgan fingerprint density at radius 1 is 1.14 bits per heavy atom. The lowest BCUT2D eigenvalue weighted by atomic mass is 10.2. The van der Waals surface area contributed by atoms with Gasteiger partial charge in [-0.2, -0.15) is 0 Å². The molecule has 8 heteroatoms. The zero-order valence-corrected chi connectivity index (χ0v) is 17.9. The molecule has 2 heterocycles. The van der Waals surface area contributed by atoms with E-state index in [1.54, 1.807) is 11.3 Å². The zero-order valence-electron chi connectivity index (χ0n) is 15.5. The molecule has 0 radical (unpaired) electrons. The maximum Gasteiger partial charge on any atom is 0.234 e. The summed E-state index contributed by atoms with van der Waals surface area (Å²) in [5, 5.41) is 14.9. The molecule has 0 saturated heterocycles. The number of hydrogen-bond acceptors (Lipinski definition) is 5. The van der Waals surface area contributed by atoms with Gasteiger partial charge in [-0.1, -0.05) is 41.6 Å². The molecule has 4 rings (SSSR count). The van der Waals surface area contributed by atoms with E-state index in [-0.39, 0.29) is 11.7 Å². The number of carbonyl (C=O) groups excluding carboxylic acids is 1. The Balaban J connectivity index is 1.57. The highest BCUT2D eigenvalue weighted by Crippen LogP contribution is 2.31. The van der Waals surface area contributed by atoms with Gasteiger partial charge in [0, 0.05) is 16.4 Å². The summed E-state index contributed by atoms with van der Waals surface area (Å²) in [5.74, 6) is 0.872. The molecule has 146 valence electrons. The van der Waals surface area contributed by atoms with Gasteiger partial charge in [-0.15, -0.1) is 21.5 Å². The van der Waals surface area contributed by atoms with Crippen molar-refractivity contribution in [3.05, 3.63) is 76.6 Å². The Bertz CT molecular complexity index is 1120. The first-order valence-corrected chi connectivity index (χ1v) is 11.1. The van der Waals surface area contributed by atoms with Crippen molar-refractivity contribution in [1.82, 2.24) is 14.8 Å². The standard InChI is InChI=1S/C21H17ClN4OS2/c1-14-4-2-5-16(12-14)23-19(27)13-29-21-25-24-20(18-6-3-11-28-18)26(21)17-9-7-15(22)8-10-17/h2-12H,13H2,1H3,(H,23,27). The summed E-state index contributed by atoms with van der Waals surface area (Å²) in [7, 11) is 0. The predicted octanol–water partition coefficient (Wildman–Crippen LogP) is 5.69. The van der Waals surface area contributed by atoms with E-state index in [9.17, 15) is 4.79 Å². The van der Waals surface area contributed by atoms with E-state index in [0.717, 1.165) is 27.6 Å². The zero-order chi connectivity index (χ0) is 20.2. The predicted molar refractivity (Wildman–Crippen MR) is 120 cm³/mol. The van der Waals surface area contributed by atoms with Crippen LogP contribution in [0.5, 0.6) is 0 Å². The molecule has 1 N–H and O–H groups in total. The van der Waals surface area contributed by atoms with Crippen LogP contribution in [0.3, 0.4) is 0 Å². The van der Waals surface area contributed by atoms with Gasteiger partial charge in [0.25, 0.3) is 0 Å². The molecule has 4 aromatic rings. The molecule has 5 nitrogen and oxygen atoms in total. The highest BCUT2D eigenvalue weighted by Gasteiger charge is 2.18. The molecule has 0 aliphatic rings. The number of rotatable bonds is 6. The molecular weight excluding hydrogens is 424 g/mol. The number of hydrogen-bond donors (Lipinski definition) is 1. The fourth-order valence-electron chi connectivity index (χ4n) is 2.80. The smallest absolute Gasteiger partial charge is 0.234 e. The minimum absolute atomic E-state index is 0.0936. The lowest BCUT2D eigenvalue weighted by Crippen LogP contribution is -2.14. The number of benzene rings is 2. The largest absolute Gasteiger partial charge is 0.325 e. The number of thioether (sulfide) groups is 1. The minimum atomic E-state index is -0.0936. The van der Waals surface area contributed by atoms with Gasteiger partial charge in [0.05, 0.1) is 10.6 Å². The number of thiophene rings is 1. The van der Waals surface area contributed by atoms with Gasteiger partial charge in [0.2, 0.25) is 5.91 Å². The van der Waals surface area contributed by atoms with Crippen molar-refractivity contribution in [2.24, 2.45) is 0 Å². The summed E-state index contributed by atoms with van der Waals surface area (Å²) in [6.07, 6.45) is 0. The van der Waals surface area contributed by atoms with Gasteiger partial charge in [0.1, 0.15) is 0 Å². The number of amides is 1. The lowest BCUT2D eigenvalue weighted by molar-refractivity contribution is -0.113. The summed E-state index contributed by atoms with van der Waals surface area (Å²) >= 11 is 8.98. The van der Waals surface area contributed by atoms with Crippen molar-refractivity contribution < 1.29 is 4.79 Å². The lowest BCUT2D eigenvalue weighted by Gasteiger charge is -2.10. The van der Waals surface area contributed by atoms with E-state index in [2.05, 4.69) is 15.5 Å². The van der Waals surface area contributed by atoms with E-state index in [1.807, 2.05) is 77.5 Å². The Kier molecular flexibility index (Phi) is 5.99. The first-order chi connectivity index (χ1) is 14.1. The number of aromatic nitrogens is 3. The van der Waals surface area contributed by atoms with Crippen LogP contribution in [-0.4, -0.2) is 26.4 Å². The quantitative estimate of drug-likeness (QED) is 0.391. The Labute approximate surface area is 181 Å². The van der Waals surface area contributed by atoms with Crippen LogP contribution >= 0.6 is 34.7 Å². The molecule has 0 fully saturated rings. The summed E-state index contributed by atoms with van der Waals surface area (Å²) < 4.78 is 1.95. The first kappa shape index (κ1) is 19.7. The Hall–Kier alpha value is -2.61. The van der Waals surface area contributed by atoms with Crippen LogP contribution in [0.25, 0.3) is 16.4 Å². The number of aryl methyl sites for hydroxylation is 1. The minimum Gasteiger partial charge on any atom is -0.325 e. The molecule has 2 aromatic heterocycles. The van der Waals surface area contributed by atoms with Crippen LogP contribution in [0.15, 0.2) is 71.2 Å².